The lowest BCUT2D eigenvalue weighted by Gasteiger charge is -2.31. The van der Waals surface area contributed by atoms with E-state index in [0.717, 1.165) is 31.6 Å². The van der Waals surface area contributed by atoms with Crippen LogP contribution in [0.15, 0.2) is 10.7 Å². The molecule has 0 N–H and O–H groups in total. The summed E-state index contributed by atoms with van der Waals surface area (Å²) in [6.07, 6.45) is 6.80. The Morgan fingerprint density at radius 1 is 1.39 bits per heavy atom. The molecular weight excluding hydrogens is 296 g/mol. The first-order valence-corrected chi connectivity index (χ1v) is 8.17. The van der Waals surface area contributed by atoms with Gasteiger partial charge in [-0.2, -0.15) is 4.98 Å². The van der Waals surface area contributed by atoms with E-state index in [0.29, 0.717) is 30.0 Å². The number of piperidine rings is 1. The smallest absolute Gasteiger partial charge is 0.276 e. The Morgan fingerprint density at radius 2 is 2.26 bits per heavy atom. The molecule has 1 aliphatic carbocycles. The van der Waals surface area contributed by atoms with Gasteiger partial charge in [0.15, 0.2) is 11.5 Å². The Morgan fingerprint density at radius 3 is 3.00 bits per heavy atom. The summed E-state index contributed by atoms with van der Waals surface area (Å²) in [4.78, 5) is 18.8. The molecule has 0 aromatic carbocycles. The van der Waals surface area contributed by atoms with Gasteiger partial charge in [-0.1, -0.05) is 10.4 Å². The highest BCUT2D eigenvalue weighted by Crippen LogP contribution is 2.38. The van der Waals surface area contributed by atoms with Gasteiger partial charge in [-0.05, 0) is 31.6 Å². The lowest BCUT2D eigenvalue weighted by Crippen LogP contribution is -2.40. The maximum atomic E-state index is 12.5. The van der Waals surface area contributed by atoms with Crippen LogP contribution < -0.4 is 0 Å². The van der Waals surface area contributed by atoms with Crippen LogP contribution in [0.3, 0.4) is 0 Å². The van der Waals surface area contributed by atoms with Gasteiger partial charge in [-0.15, -0.1) is 5.10 Å². The fraction of sp³-hybridized carbons (Fsp3) is 0.667. The van der Waals surface area contributed by atoms with Crippen LogP contribution in [-0.4, -0.2) is 49.0 Å². The molecule has 1 saturated carbocycles. The molecule has 0 spiro atoms. The van der Waals surface area contributed by atoms with Gasteiger partial charge in [-0.3, -0.25) is 9.48 Å². The zero-order valence-electron chi connectivity index (χ0n) is 13.2. The van der Waals surface area contributed by atoms with Crippen LogP contribution in [0.4, 0.5) is 0 Å². The van der Waals surface area contributed by atoms with E-state index >= 15 is 0 Å². The summed E-state index contributed by atoms with van der Waals surface area (Å²) in [6, 6.07) is 0. The first-order chi connectivity index (χ1) is 11.2. The number of likely N-dealkylation sites (tertiary alicyclic amines) is 1. The largest absolute Gasteiger partial charge is 0.339 e. The van der Waals surface area contributed by atoms with E-state index in [1.165, 1.54) is 12.8 Å². The molecule has 0 bridgehead atoms. The number of amides is 1. The Hall–Kier alpha value is -2.25. The van der Waals surface area contributed by atoms with Crippen molar-refractivity contribution in [3.8, 4) is 0 Å². The average Bonchev–Trinajstić information content (AvgIpc) is 3.16. The highest BCUT2D eigenvalue weighted by Gasteiger charge is 2.30. The molecule has 0 unspecified atom stereocenters. The van der Waals surface area contributed by atoms with E-state index in [1.54, 1.807) is 17.9 Å². The highest BCUT2D eigenvalue weighted by atomic mass is 16.5. The number of hydrogen-bond acceptors (Lipinski definition) is 6. The van der Waals surface area contributed by atoms with Gasteiger partial charge in [0.1, 0.15) is 0 Å². The number of nitrogens with zero attached hydrogens (tertiary/aromatic N) is 6. The first-order valence-electron chi connectivity index (χ1n) is 8.17. The third kappa shape index (κ3) is 3.11. The molecule has 8 heteroatoms. The number of aryl methyl sites for hydroxylation is 1. The summed E-state index contributed by atoms with van der Waals surface area (Å²) in [5, 5.41) is 11.8. The number of aromatic nitrogens is 5. The van der Waals surface area contributed by atoms with Crippen molar-refractivity contribution >= 4 is 5.91 Å². The second kappa shape index (κ2) is 5.75. The molecule has 1 aliphatic heterocycles. The van der Waals surface area contributed by atoms with Gasteiger partial charge >= 0.3 is 0 Å². The minimum Gasteiger partial charge on any atom is -0.339 e. The van der Waals surface area contributed by atoms with Crippen molar-refractivity contribution in [3.05, 3.63) is 23.6 Å². The number of hydrogen-bond donors (Lipinski definition) is 0. The van der Waals surface area contributed by atoms with Crippen LogP contribution in [-0.2, 0) is 13.5 Å². The fourth-order valence-corrected chi connectivity index (χ4v) is 3.13. The standard InChI is InChI=1S/C15H20N6O2/c1-20-9-12(17-19-20)15(22)21-6-2-3-10(8-21)7-13-16-14(18-23-13)11-4-5-11/h9-11H,2-8H2,1H3/t10-/m1/s1. The Bertz CT molecular complexity index is 704. The minimum absolute atomic E-state index is 0.0491. The lowest BCUT2D eigenvalue weighted by molar-refractivity contribution is 0.0662. The maximum Gasteiger partial charge on any atom is 0.276 e. The van der Waals surface area contributed by atoms with Gasteiger partial charge < -0.3 is 9.42 Å². The van der Waals surface area contributed by atoms with Crippen molar-refractivity contribution in [2.75, 3.05) is 13.1 Å². The SMILES string of the molecule is Cn1cc(C(=O)N2CCC[C@H](Cc3nc(C4CC4)no3)C2)nn1. The van der Waals surface area contributed by atoms with Crippen LogP contribution in [0.1, 0.15) is 53.8 Å². The predicted octanol–water partition coefficient (Wildman–Crippen LogP) is 1.17. The lowest BCUT2D eigenvalue weighted by atomic mass is 9.94. The second-order valence-electron chi connectivity index (χ2n) is 6.56. The monoisotopic (exact) mass is 316 g/mol. The van der Waals surface area contributed by atoms with Crippen LogP contribution in [0.25, 0.3) is 0 Å². The zero-order chi connectivity index (χ0) is 15.8. The van der Waals surface area contributed by atoms with Crippen molar-refractivity contribution in [3.63, 3.8) is 0 Å². The van der Waals surface area contributed by atoms with Crippen molar-refractivity contribution in [2.45, 2.75) is 38.0 Å². The van der Waals surface area contributed by atoms with E-state index in [4.69, 9.17) is 4.52 Å². The van der Waals surface area contributed by atoms with E-state index in [9.17, 15) is 4.79 Å². The fourth-order valence-electron chi connectivity index (χ4n) is 3.13. The van der Waals surface area contributed by atoms with E-state index < -0.39 is 0 Å². The van der Waals surface area contributed by atoms with Gasteiger partial charge in [0, 0.05) is 32.5 Å². The van der Waals surface area contributed by atoms with Gasteiger partial charge in [0.05, 0.1) is 6.20 Å². The Kier molecular flexibility index (Phi) is 3.59. The Labute approximate surface area is 133 Å². The number of carbonyl (C=O) groups excluding carboxylic acids is 1. The third-order valence-corrected chi connectivity index (χ3v) is 4.52. The molecule has 2 fully saturated rings. The predicted molar refractivity (Wildman–Crippen MR) is 79.6 cm³/mol. The van der Waals surface area contributed by atoms with Crippen LogP contribution >= 0.6 is 0 Å². The zero-order valence-corrected chi connectivity index (χ0v) is 13.2. The molecule has 2 aromatic heterocycles. The number of rotatable bonds is 4. The average molecular weight is 316 g/mol. The van der Waals surface area contributed by atoms with Crippen molar-refractivity contribution in [1.29, 1.82) is 0 Å². The van der Waals surface area contributed by atoms with Crippen molar-refractivity contribution in [2.24, 2.45) is 13.0 Å². The van der Waals surface area contributed by atoms with E-state index in [2.05, 4.69) is 20.5 Å². The molecule has 8 nitrogen and oxygen atoms in total. The van der Waals surface area contributed by atoms with Gasteiger partial charge in [0.25, 0.3) is 5.91 Å². The quantitative estimate of drug-likeness (QED) is 0.841. The molecule has 2 aromatic rings. The molecule has 2 aliphatic rings. The second-order valence-corrected chi connectivity index (χ2v) is 6.56. The molecule has 3 heterocycles. The third-order valence-electron chi connectivity index (χ3n) is 4.52. The maximum absolute atomic E-state index is 12.5. The molecule has 1 saturated heterocycles. The molecular formula is C15H20N6O2. The summed E-state index contributed by atoms with van der Waals surface area (Å²) >= 11 is 0. The molecule has 23 heavy (non-hydrogen) atoms. The van der Waals surface area contributed by atoms with Gasteiger partial charge in [0.2, 0.25) is 5.89 Å². The van der Waals surface area contributed by atoms with Crippen LogP contribution in [0.2, 0.25) is 0 Å². The summed E-state index contributed by atoms with van der Waals surface area (Å²) in [5.41, 5.74) is 0.405. The first kappa shape index (κ1) is 14.3. The van der Waals surface area contributed by atoms with Gasteiger partial charge in [-0.25, -0.2) is 0 Å². The van der Waals surface area contributed by atoms with Crippen molar-refractivity contribution in [1.82, 2.24) is 30.0 Å². The highest BCUT2D eigenvalue weighted by molar-refractivity contribution is 5.92. The summed E-state index contributed by atoms with van der Waals surface area (Å²) < 4.78 is 6.91. The Balaban J connectivity index is 1.39. The molecule has 1 amide bonds. The van der Waals surface area contributed by atoms with Crippen LogP contribution in [0, 0.1) is 5.92 Å². The summed E-state index contributed by atoms with van der Waals surface area (Å²) in [5.74, 6) is 2.37. The van der Waals surface area contributed by atoms with E-state index in [1.807, 2.05) is 4.90 Å². The number of carbonyl (C=O) groups is 1. The molecule has 0 radical (unpaired) electrons. The van der Waals surface area contributed by atoms with E-state index in [-0.39, 0.29) is 5.91 Å². The summed E-state index contributed by atoms with van der Waals surface area (Å²) in [7, 11) is 1.76. The van der Waals surface area contributed by atoms with Crippen LogP contribution in [0.5, 0.6) is 0 Å². The topological polar surface area (TPSA) is 89.9 Å². The molecule has 4 rings (SSSR count). The minimum atomic E-state index is -0.0491. The van der Waals surface area contributed by atoms with Crippen molar-refractivity contribution < 1.29 is 9.32 Å². The molecule has 122 valence electrons. The normalized spacial score (nSPS) is 21.6. The summed E-state index contributed by atoms with van der Waals surface area (Å²) in [6.45, 7) is 1.47. The molecule has 1 atom stereocenters.